The zero-order chi connectivity index (χ0) is 17.4. The maximum atomic E-state index is 12.8. The van der Waals surface area contributed by atoms with E-state index in [1.165, 1.54) is 5.57 Å². The van der Waals surface area contributed by atoms with Crippen LogP contribution in [0.2, 0.25) is 0 Å². The summed E-state index contributed by atoms with van der Waals surface area (Å²) in [6, 6.07) is 13.4. The molecule has 0 unspecified atom stereocenters. The fraction of sp³-hybridized carbons (Fsp3) is 0.136. The zero-order valence-corrected chi connectivity index (χ0v) is 14.1. The third-order valence-electron chi connectivity index (χ3n) is 4.57. The van der Waals surface area contributed by atoms with Crippen molar-refractivity contribution in [3.63, 3.8) is 0 Å². The van der Waals surface area contributed by atoms with E-state index in [2.05, 4.69) is 18.2 Å². The van der Waals surface area contributed by atoms with E-state index in [4.69, 9.17) is 10.2 Å². The van der Waals surface area contributed by atoms with E-state index < -0.39 is 0 Å². The summed E-state index contributed by atoms with van der Waals surface area (Å²) >= 11 is 0. The number of hydrogen-bond donors (Lipinski definition) is 1. The highest BCUT2D eigenvalue weighted by Crippen LogP contribution is 2.31. The molecule has 0 fully saturated rings. The molecular formula is C22H19NO2. The van der Waals surface area contributed by atoms with Crippen molar-refractivity contribution < 1.29 is 9.21 Å². The molecule has 0 saturated heterocycles. The van der Waals surface area contributed by atoms with E-state index in [0.29, 0.717) is 16.8 Å². The summed E-state index contributed by atoms with van der Waals surface area (Å²) in [6.07, 6.45) is 8.66. The van der Waals surface area contributed by atoms with Gasteiger partial charge in [-0.25, -0.2) is 0 Å². The molecule has 0 spiro atoms. The highest BCUT2D eigenvalue weighted by Gasteiger charge is 2.20. The number of carbonyl (C=O) groups is 1. The molecule has 25 heavy (non-hydrogen) atoms. The van der Waals surface area contributed by atoms with Crippen LogP contribution < -0.4 is 5.73 Å². The minimum atomic E-state index is -0.189. The van der Waals surface area contributed by atoms with Gasteiger partial charge in [0.05, 0.1) is 5.69 Å². The van der Waals surface area contributed by atoms with Crippen molar-refractivity contribution in [2.24, 2.45) is 0 Å². The summed E-state index contributed by atoms with van der Waals surface area (Å²) in [5, 5.41) is 0.781. The molecule has 0 aliphatic heterocycles. The Morgan fingerprint density at radius 2 is 1.88 bits per heavy atom. The van der Waals surface area contributed by atoms with E-state index in [0.717, 1.165) is 29.4 Å². The van der Waals surface area contributed by atoms with Crippen molar-refractivity contribution in [2.45, 2.75) is 19.8 Å². The Hall–Kier alpha value is -3.07. The van der Waals surface area contributed by atoms with Gasteiger partial charge in [0.2, 0.25) is 5.78 Å². The van der Waals surface area contributed by atoms with Crippen LogP contribution in [-0.4, -0.2) is 5.78 Å². The number of hydrogen-bond acceptors (Lipinski definition) is 3. The van der Waals surface area contributed by atoms with Crippen molar-refractivity contribution in [3.8, 4) is 0 Å². The van der Waals surface area contributed by atoms with Gasteiger partial charge in [-0.2, -0.15) is 0 Å². The summed E-state index contributed by atoms with van der Waals surface area (Å²) in [7, 11) is 0. The van der Waals surface area contributed by atoms with Crippen LogP contribution in [0.25, 0.3) is 16.5 Å². The van der Waals surface area contributed by atoms with Crippen LogP contribution in [0.1, 0.15) is 40.1 Å². The minimum absolute atomic E-state index is 0.189. The van der Waals surface area contributed by atoms with Crippen LogP contribution in [-0.2, 0) is 0 Å². The van der Waals surface area contributed by atoms with Gasteiger partial charge < -0.3 is 10.2 Å². The Morgan fingerprint density at radius 1 is 1.08 bits per heavy atom. The van der Waals surface area contributed by atoms with Gasteiger partial charge in [0, 0.05) is 10.9 Å². The van der Waals surface area contributed by atoms with E-state index in [1.807, 2.05) is 49.4 Å². The van der Waals surface area contributed by atoms with Crippen LogP contribution in [0.4, 0.5) is 5.69 Å². The molecule has 0 amide bonds. The summed E-state index contributed by atoms with van der Waals surface area (Å²) in [5.74, 6) is 0.0243. The van der Waals surface area contributed by atoms with Gasteiger partial charge in [0.1, 0.15) is 5.58 Å². The maximum Gasteiger partial charge on any atom is 0.230 e. The molecule has 3 nitrogen and oxygen atoms in total. The summed E-state index contributed by atoms with van der Waals surface area (Å²) in [5.41, 5.74) is 11.1. The van der Waals surface area contributed by atoms with Crippen molar-refractivity contribution >= 4 is 28.0 Å². The van der Waals surface area contributed by atoms with E-state index in [9.17, 15) is 4.79 Å². The summed E-state index contributed by atoms with van der Waals surface area (Å²) in [6.45, 7) is 1.98. The van der Waals surface area contributed by atoms with Gasteiger partial charge in [-0.05, 0) is 48.6 Å². The van der Waals surface area contributed by atoms with Gasteiger partial charge >= 0.3 is 0 Å². The first-order valence-corrected chi connectivity index (χ1v) is 8.44. The van der Waals surface area contributed by atoms with Crippen LogP contribution in [0, 0.1) is 6.92 Å². The number of rotatable bonds is 3. The molecule has 1 aromatic heterocycles. The highest BCUT2D eigenvalue weighted by atomic mass is 16.3. The first-order chi connectivity index (χ1) is 12.1. The van der Waals surface area contributed by atoms with Crippen LogP contribution in [0.15, 0.2) is 65.1 Å². The van der Waals surface area contributed by atoms with E-state index in [1.54, 1.807) is 0 Å². The third-order valence-corrected chi connectivity index (χ3v) is 4.57. The van der Waals surface area contributed by atoms with Crippen molar-refractivity contribution in [1.29, 1.82) is 0 Å². The SMILES string of the molecule is Cc1ccc2c(N)c(C(=O)c3ccc(C4=CCCC=C4)cc3)oc2c1. The number of allylic oxidation sites excluding steroid dienone is 4. The normalized spacial score (nSPS) is 13.9. The number of nitrogen functional groups attached to an aromatic ring is 1. The average Bonchev–Trinajstić information content (AvgIpc) is 2.98. The van der Waals surface area contributed by atoms with Gasteiger partial charge in [-0.3, -0.25) is 4.79 Å². The molecule has 124 valence electrons. The molecule has 0 radical (unpaired) electrons. The Bertz CT molecular complexity index is 1020. The van der Waals surface area contributed by atoms with Crippen molar-refractivity contribution in [1.82, 2.24) is 0 Å². The lowest BCUT2D eigenvalue weighted by Crippen LogP contribution is -2.03. The maximum absolute atomic E-state index is 12.8. The van der Waals surface area contributed by atoms with Crippen LogP contribution in [0.3, 0.4) is 0 Å². The Morgan fingerprint density at radius 3 is 2.60 bits per heavy atom. The molecule has 3 heteroatoms. The fourth-order valence-electron chi connectivity index (χ4n) is 3.17. The first kappa shape index (κ1) is 15.5. The number of anilines is 1. The number of nitrogens with two attached hydrogens (primary N) is 1. The average molecular weight is 329 g/mol. The number of aryl methyl sites for hydroxylation is 1. The molecule has 1 aliphatic rings. The monoisotopic (exact) mass is 329 g/mol. The van der Waals surface area contributed by atoms with Gasteiger partial charge in [0.25, 0.3) is 0 Å². The molecule has 0 saturated carbocycles. The minimum Gasteiger partial charge on any atom is -0.450 e. The predicted molar refractivity (Wildman–Crippen MR) is 102 cm³/mol. The first-order valence-electron chi connectivity index (χ1n) is 8.44. The van der Waals surface area contributed by atoms with Gasteiger partial charge in [-0.15, -0.1) is 0 Å². The topological polar surface area (TPSA) is 56.2 Å². The molecule has 0 bridgehead atoms. The second kappa shape index (κ2) is 6.10. The molecule has 1 aliphatic carbocycles. The molecule has 2 aromatic carbocycles. The number of carbonyl (C=O) groups excluding carboxylic acids is 1. The van der Waals surface area contributed by atoms with Crippen molar-refractivity contribution in [2.75, 3.05) is 5.73 Å². The molecule has 0 atom stereocenters. The van der Waals surface area contributed by atoms with Gasteiger partial charge in [-0.1, -0.05) is 48.6 Å². The standard InChI is InChI=1S/C22H19NO2/c1-14-7-12-18-19(13-14)25-22(20(18)23)21(24)17-10-8-16(9-11-17)15-5-3-2-4-6-15/h3,5-13H,2,4,23H2,1H3. The quantitative estimate of drug-likeness (QED) is 0.664. The molecular weight excluding hydrogens is 310 g/mol. The Labute approximate surface area is 146 Å². The lowest BCUT2D eigenvalue weighted by molar-refractivity contribution is 0.101. The Kier molecular flexibility index (Phi) is 3.77. The lowest BCUT2D eigenvalue weighted by atomic mass is 9.97. The molecule has 1 heterocycles. The highest BCUT2D eigenvalue weighted by molar-refractivity contribution is 6.14. The second-order valence-electron chi connectivity index (χ2n) is 6.39. The van der Waals surface area contributed by atoms with Crippen molar-refractivity contribution in [3.05, 3.63) is 83.1 Å². The van der Waals surface area contributed by atoms with Crippen LogP contribution >= 0.6 is 0 Å². The molecule has 4 rings (SSSR count). The lowest BCUT2D eigenvalue weighted by Gasteiger charge is -2.07. The molecule has 2 N–H and O–H groups in total. The number of fused-ring (bicyclic) bond motifs is 1. The fourth-order valence-corrected chi connectivity index (χ4v) is 3.17. The summed E-state index contributed by atoms with van der Waals surface area (Å²) in [4.78, 5) is 12.8. The molecule has 3 aromatic rings. The number of ketones is 1. The predicted octanol–water partition coefficient (Wildman–Crippen LogP) is 5.29. The van der Waals surface area contributed by atoms with E-state index >= 15 is 0 Å². The van der Waals surface area contributed by atoms with E-state index in [-0.39, 0.29) is 11.5 Å². The second-order valence-corrected chi connectivity index (χ2v) is 6.39. The van der Waals surface area contributed by atoms with Crippen LogP contribution in [0.5, 0.6) is 0 Å². The Balaban J connectivity index is 1.68. The third kappa shape index (κ3) is 2.78. The number of furan rings is 1. The number of benzene rings is 2. The van der Waals surface area contributed by atoms with Gasteiger partial charge in [0.15, 0.2) is 5.76 Å². The zero-order valence-electron chi connectivity index (χ0n) is 14.1. The largest absolute Gasteiger partial charge is 0.450 e. The smallest absolute Gasteiger partial charge is 0.230 e. The summed E-state index contributed by atoms with van der Waals surface area (Å²) < 4.78 is 5.75.